The molecule has 1 atom stereocenters. The Morgan fingerprint density at radius 1 is 1.19 bits per heavy atom. The molecule has 31 heavy (non-hydrogen) atoms. The number of benzene rings is 1. The maximum atomic E-state index is 14.3. The van der Waals surface area contributed by atoms with E-state index in [1.807, 2.05) is 11.4 Å². The van der Waals surface area contributed by atoms with Crippen molar-refractivity contribution < 1.29 is 31.9 Å². The number of nitrogens with zero attached hydrogens (tertiary/aromatic N) is 1. The average molecular weight is 457 g/mol. The summed E-state index contributed by atoms with van der Waals surface area (Å²) < 4.78 is 60.6. The molecule has 0 aliphatic carbocycles. The van der Waals surface area contributed by atoms with Gasteiger partial charge in [0, 0.05) is 10.4 Å². The number of anilines is 1. The van der Waals surface area contributed by atoms with Crippen molar-refractivity contribution in [1.29, 1.82) is 5.26 Å². The summed E-state index contributed by atoms with van der Waals surface area (Å²) in [6, 6.07) is 5.58. The molecule has 2 N–H and O–H groups in total. The Hall–Kier alpha value is -3.13. The van der Waals surface area contributed by atoms with Crippen LogP contribution in [-0.4, -0.2) is 30.3 Å². The van der Waals surface area contributed by atoms with E-state index in [0.717, 1.165) is 35.6 Å². The number of thiophene rings is 1. The van der Waals surface area contributed by atoms with Gasteiger partial charge < -0.3 is 15.4 Å². The SMILES string of the molecule is CCOC(=O)[C@@](NC(=O)c1ccc(F)cc1)(Nc1sc(C)c(CC)c1C#N)C(F)(F)F. The highest BCUT2D eigenvalue weighted by Crippen LogP contribution is 2.39. The maximum absolute atomic E-state index is 14.3. The first kappa shape index (κ1) is 24.1. The average Bonchev–Trinajstić information content (AvgIpc) is 3.00. The third-order valence-electron chi connectivity index (χ3n) is 4.39. The summed E-state index contributed by atoms with van der Waals surface area (Å²) in [5.41, 5.74) is -3.51. The fraction of sp³-hybridized carbons (Fsp3) is 0.350. The minimum atomic E-state index is -5.36. The summed E-state index contributed by atoms with van der Waals surface area (Å²) in [6.07, 6.45) is -4.97. The molecule has 166 valence electrons. The fourth-order valence-corrected chi connectivity index (χ4v) is 4.01. The van der Waals surface area contributed by atoms with Gasteiger partial charge in [-0.1, -0.05) is 6.92 Å². The predicted molar refractivity (Wildman–Crippen MR) is 106 cm³/mol. The molecule has 0 bridgehead atoms. The van der Waals surface area contributed by atoms with E-state index in [4.69, 9.17) is 0 Å². The summed E-state index contributed by atoms with van der Waals surface area (Å²) in [5, 5.41) is 12.9. The molecule has 2 rings (SSSR count). The maximum Gasteiger partial charge on any atom is 0.441 e. The molecule has 0 saturated heterocycles. The summed E-state index contributed by atoms with van der Waals surface area (Å²) in [7, 11) is 0. The molecule has 1 aromatic heterocycles. The molecule has 11 heteroatoms. The molecule has 0 aliphatic heterocycles. The predicted octanol–water partition coefficient (Wildman–Crippen LogP) is 4.29. The molecule has 0 saturated carbocycles. The van der Waals surface area contributed by atoms with Crippen LogP contribution in [0.25, 0.3) is 0 Å². The first-order chi connectivity index (χ1) is 14.5. The molecule has 0 radical (unpaired) electrons. The highest BCUT2D eigenvalue weighted by atomic mass is 32.1. The fourth-order valence-electron chi connectivity index (χ4n) is 2.85. The van der Waals surface area contributed by atoms with E-state index in [-0.39, 0.29) is 22.7 Å². The van der Waals surface area contributed by atoms with Crippen LogP contribution in [0.2, 0.25) is 0 Å². The third-order valence-corrected chi connectivity index (χ3v) is 5.45. The Kier molecular flexibility index (Phi) is 7.28. The second-order valence-corrected chi connectivity index (χ2v) is 7.59. The number of carbonyl (C=O) groups is 2. The largest absolute Gasteiger partial charge is 0.463 e. The summed E-state index contributed by atoms with van der Waals surface area (Å²) >= 11 is 0.851. The number of ether oxygens (including phenoxy) is 1. The second-order valence-electron chi connectivity index (χ2n) is 6.36. The number of nitriles is 1. The lowest BCUT2D eigenvalue weighted by Crippen LogP contribution is -2.69. The summed E-state index contributed by atoms with van der Waals surface area (Å²) in [4.78, 5) is 25.7. The van der Waals surface area contributed by atoms with Gasteiger partial charge in [0.25, 0.3) is 5.91 Å². The van der Waals surface area contributed by atoms with Gasteiger partial charge in [0.1, 0.15) is 16.9 Å². The van der Waals surface area contributed by atoms with Gasteiger partial charge in [-0.15, -0.1) is 11.3 Å². The monoisotopic (exact) mass is 457 g/mol. The zero-order chi connectivity index (χ0) is 23.4. The second kappa shape index (κ2) is 9.34. The number of carbonyl (C=O) groups excluding carboxylic acids is 2. The number of halogens is 4. The van der Waals surface area contributed by atoms with Crippen molar-refractivity contribution in [1.82, 2.24) is 5.32 Å². The van der Waals surface area contributed by atoms with Gasteiger partial charge in [0.15, 0.2) is 0 Å². The highest BCUT2D eigenvalue weighted by molar-refractivity contribution is 7.16. The van der Waals surface area contributed by atoms with Gasteiger partial charge in [-0.25, -0.2) is 9.18 Å². The standard InChI is InChI=1S/C20H19F4N3O3S/c1-4-14-11(3)31-17(15(14)10-25)27-19(20(22,23)24,18(29)30-5-2)26-16(28)12-6-8-13(21)9-7-12/h6-9,27H,4-5H2,1-3H3,(H,26,28)/t19-/m1/s1. The van der Waals surface area contributed by atoms with E-state index in [2.05, 4.69) is 4.74 Å². The van der Waals surface area contributed by atoms with Crippen LogP contribution in [-0.2, 0) is 16.0 Å². The number of aryl methyl sites for hydroxylation is 1. The number of hydrogen-bond donors (Lipinski definition) is 2. The number of esters is 1. The number of amides is 1. The Morgan fingerprint density at radius 3 is 2.29 bits per heavy atom. The first-order valence-corrected chi connectivity index (χ1v) is 9.94. The van der Waals surface area contributed by atoms with Crippen molar-refractivity contribution >= 4 is 28.2 Å². The van der Waals surface area contributed by atoms with Crippen LogP contribution in [0, 0.1) is 24.1 Å². The molecular formula is C20H19F4N3O3S. The molecule has 1 aromatic carbocycles. The van der Waals surface area contributed by atoms with Crippen LogP contribution >= 0.6 is 11.3 Å². The zero-order valence-electron chi connectivity index (χ0n) is 16.8. The van der Waals surface area contributed by atoms with Crippen molar-refractivity contribution in [3.05, 3.63) is 51.7 Å². The van der Waals surface area contributed by atoms with E-state index in [9.17, 15) is 32.4 Å². The smallest absolute Gasteiger partial charge is 0.441 e. The van der Waals surface area contributed by atoms with Crippen LogP contribution in [0.1, 0.15) is 40.2 Å². The van der Waals surface area contributed by atoms with Crippen LogP contribution in [0.15, 0.2) is 24.3 Å². The molecule has 1 amide bonds. The quantitative estimate of drug-likeness (QED) is 0.368. The van der Waals surface area contributed by atoms with Crippen LogP contribution < -0.4 is 10.6 Å². The van der Waals surface area contributed by atoms with Gasteiger partial charge in [-0.3, -0.25) is 4.79 Å². The molecule has 0 spiro atoms. The number of rotatable bonds is 7. The van der Waals surface area contributed by atoms with Gasteiger partial charge in [0.05, 0.1) is 12.2 Å². The van der Waals surface area contributed by atoms with Crippen LogP contribution in [0.3, 0.4) is 0 Å². The molecule has 2 aromatic rings. The highest BCUT2D eigenvalue weighted by Gasteiger charge is 2.64. The van der Waals surface area contributed by atoms with Crippen molar-refractivity contribution in [3.8, 4) is 6.07 Å². The van der Waals surface area contributed by atoms with Crippen molar-refractivity contribution in [2.75, 3.05) is 11.9 Å². The molecule has 0 aliphatic rings. The Balaban J connectivity index is 2.62. The van der Waals surface area contributed by atoms with Gasteiger partial charge in [0.2, 0.25) is 0 Å². The number of hydrogen-bond acceptors (Lipinski definition) is 6. The topological polar surface area (TPSA) is 91.2 Å². The van der Waals surface area contributed by atoms with E-state index in [1.165, 1.54) is 6.92 Å². The Labute approximate surface area is 179 Å². The molecule has 6 nitrogen and oxygen atoms in total. The first-order valence-electron chi connectivity index (χ1n) is 9.13. The van der Waals surface area contributed by atoms with Crippen molar-refractivity contribution in [3.63, 3.8) is 0 Å². The van der Waals surface area contributed by atoms with Gasteiger partial charge >= 0.3 is 17.8 Å². The van der Waals surface area contributed by atoms with Gasteiger partial charge in [-0.2, -0.15) is 18.4 Å². The summed E-state index contributed by atoms with van der Waals surface area (Å²) in [5.74, 6) is -3.78. The van der Waals surface area contributed by atoms with Crippen molar-refractivity contribution in [2.45, 2.75) is 39.0 Å². The van der Waals surface area contributed by atoms with E-state index < -0.39 is 29.5 Å². The van der Waals surface area contributed by atoms with E-state index >= 15 is 0 Å². The number of nitrogens with one attached hydrogen (secondary N) is 2. The lowest BCUT2D eigenvalue weighted by molar-refractivity contribution is -0.204. The Morgan fingerprint density at radius 2 is 1.81 bits per heavy atom. The van der Waals surface area contributed by atoms with E-state index in [1.54, 1.807) is 19.2 Å². The zero-order valence-corrected chi connectivity index (χ0v) is 17.6. The molecule has 1 heterocycles. The summed E-state index contributed by atoms with van der Waals surface area (Å²) in [6.45, 7) is 4.29. The lowest BCUT2D eigenvalue weighted by Gasteiger charge is -2.35. The van der Waals surface area contributed by atoms with Gasteiger partial charge in [-0.05, 0) is 50.1 Å². The minimum absolute atomic E-state index is 0.0565. The number of alkyl halides is 3. The van der Waals surface area contributed by atoms with E-state index in [0.29, 0.717) is 16.9 Å². The lowest BCUT2D eigenvalue weighted by atomic mass is 10.1. The molecule has 0 fully saturated rings. The van der Waals surface area contributed by atoms with Crippen molar-refractivity contribution in [2.24, 2.45) is 0 Å². The molecular weight excluding hydrogens is 438 g/mol. The molecule has 0 unspecified atom stereocenters. The van der Waals surface area contributed by atoms with Crippen LogP contribution in [0.4, 0.5) is 22.6 Å². The Bertz CT molecular complexity index is 1010. The van der Waals surface area contributed by atoms with Crippen LogP contribution in [0.5, 0.6) is 0 Å². The minimum Gasteiger partial charge on any atom is -0.463 e. The third kappa shape index (κ3) is 4.80. The normalized spacial score (nSPS) is 13.1.